The van der Waals surface area contributed by atoms with E-state index in [-0.39, 0.29) is 10.8 Å². The first-order valence-electron chi connectivity index (χ1n) is 11.8. The van der Waals surface area contributed by atoms with Gasteiger partial charge in [-0.2, -0.15) is 26.3 Å². The number of thiophene rings is 1. The van der Waals surface area contributed by atoms with Crippen LogP contribution in [0.1, 0.15) is 57.9 Å². The van der Waals surface area contributed by atoms with Gasteiger partial charge in [-0.25, -0.2) is 0 Å². The van der Waals surface area contributed by atoms with E-state index in [0.29, 0.717) is 30.0 Å². The highest BCUT2D eigenvalue weighted by molar-refractivity contribution is 7.16. The molecule has 1 saturated heterocycles. The maximum absolute atomic E-state index is 12.8. The molecule has 5 aliphatic rings. The van der Waals surface area contributed by atoms with Gasteiger partial charge >= 0.3 is 12.4 Å². The SMILES string of the molecule is O=C([O-])C(F)(F)F.O=C(c1ccc(C(=O)C(F)(F)F)s1)N1CC[NH+](C23CC4CC(CC(C4)C2)C3)CC1. The van der Waals surface area contributed by atoms with Crippen LogP contribution in [0.15, 0.2) is 12.1 Å². The van der Waals surface area contributed by atoms with Gasteiger partial charge in [0.2, 0.25) is 0 Å². The number of piperazine rings is 1. The summed E-state index contributed by atoms with van der Waals surface area (Å²) in [7, 11) is 0. The Balaban J connectivity index is 0.000000384. The van der Waals surface area contributed by atoms with Crippen LogP contribution in [0.3, 0.4) is 0 Å². The number of amides is 1. The number of carbonyl (C=O) groups excluding carboxylic acids is 3. The summed E-state index contributed by atoms with van der Waals surface area (Å²) >= 11 is 0.650. The van der Waals surface area contributed by atoms with Crippen LogP contribution >= 0.6 is 11.3 Å². The van der Waals surface area contributed by atoms with E-state index in [4.69, 9.17) is 9.90 Å². The molecule has 1 aromatic heterocycles. The molecule has 6 nitrogen and oxygen atoms in total. The second kappa shape index (κ2) is 9.62. The van der Waals surface area contributed by atoms with E-state index in [1.807, 2.05) is 0 Å². The molecule has 1 amide bonds. The van der Waals surface area contributed by atoms with Gasteiger partial charge in [-0.3, -0.25) is 9.59 Å². The minimum absolute atomic E-state index is 0.218. The van der Waals surface area contributed by atoms with Crippen LogP contribution in [0, 0.1) is 17.8 Å². The highest BCUT2D eigenvalue weighted by Crippen LogP contribution is 2.54. The van der Waals surface area contributed by atoms with Crippen LogP contribution in [0.5, 0.6) is 0 Å². The molecule has 0 spiro atoms. The third kappa shape index (κ3) is 5.56. The molecule has 200 valence electrons. The number of hydrogen-bond donors (Lipinski definition) is 1. The number of carboxylic acid groups (broad SMARTS) is 1. The molecule has 0 aromatic carbocycles. The minimum Gasteiger partial charge on any atom is -0.542 e. The van der Waals surface area contributed by atoms with Gasteiger partial charge in [-0.15, -0.1) is 11.3 Å². The van der Waals surface area contributed by atoms with E-state index in [1.165, 1.54) is 44.6 Å². The van der Waals surface area contributed by atoms with Gasteiger partial charge in [0.1, 0.15) is 5.97 Å². The van der Waals surface area contributed by atoms with Crippen molar-refractivity contribution in [1.82, 2.24) is 4.90 Å². The molecule has 4 saturated carbocycles. The lowest BCUT2D eigenvalue weighted by molar-refractivity contribution is -0.962. The van der Waals surface area contributed by atoms with Gasteiger partial charge in [0.05, 0.1) is 41.5 Å². The maximum Gasteiger partial charge on any atom is 0.455 e. The third-order valence-corrected chi connectivity index (χ3v) is 9.04. The Hall–Kier alpha value is -2.15. The summed E-state index contributed by atoms with van der Waals surface area (Å²) in [4.78, 5) is 36.1. The number of quaternary nitrogens is 1. The first-order chi connectivity index (χ1) is 16.7. The lowest BCUT2D eigenvalue weighted by Gasteiger charge is -2.59. The monoisotopic (exact) mass is 540 g/mol. The number of carboxylic acids is 1. The molecule has 0 unspecified atom stereocenters. The van der Waals surface area contributed by atoms with Crippen LogP contribution in [0.2, 0.25) is 0 Å². The predicted octanol–water partition coefficient (Wildman–Crippen LogP) is 2.10. The van der Waals surface area contributed by atoms with Crippen molar-refractivity contribution in [2.75, 3.05) is 26.2 Å². The standard InChI is InChI=1S/C21H25F3N2O2S.C2HF3O2/c22-21(23,24)18(27)16-1-2-17(29-16)19(28)25-3-5-26(6-4-25)20-10-13-7-14(11-20)9-15(8-13)12-20;3-2(4,5)1(6)7/h1-2,13-15H,3-12H2;(H,6,7). The number of aliphatic carboxylic acids is 1. The van der Waals surface area contributed by atoms with Crippen LogP contribution in [-0.4, -0.2) is 66.6 Å². The Bertz CT molecular complexity index is 978. The van der Waals surface area contributed by atoms with Crippen molar-refractivity contribution >= 4 is 29.0 Å². The van der Waals surface area contributed by atoms with Crippen molar-refractivity contribution in [2.45, 2.75) is 56.4 Å². The number of hydrogen-bond acceptors (Lipinski definition) is 5. The molecular weight excluding hydrogens is 514 g/mol. The van der Waals surface area contributed by atoms with Crippen molar-refractivity contribution in [3.05, 3.63) is 21.9 Å². The van der Waals surface area contributed by atoms with Crippen molar-refractivity contribution in [3.8, 4) is 0 Å². The minimum atomic E-state index is -5.19. The highest BCUT2D eigenvalue weighted by atomic mass is 32.1. The Kier molecular flexibility index (Phi) is 7.19. The molecule has 1 N–H and O–H groups in total. The Morgan fingerprint density at radius 2 is 1.31 bits per heavy atom. The van der Waals surface area contributed by atoms with E-state index in [9.17, 15) is 35.9 Å². The Morgan fingerprint density at radius 1 is 0.861 bits per heavy atom. The fraction of sp³-hybridized carbons (Fsp3) is 0.696. The summed E-state index contributed by atoms with van der Waals surface area (Å²) in [6.45, 7) is 3.10. The maximum atomic E-state index is 12.8. The molecule has 6 rings (SSSR count). The molecule has 0 atom stereocenters. The van der Waals surface area contributed by atoms with E-state index < -0.39 is 29.0 Å². The quantitative estimate of drug-likeness (QED) is 0.471. The van der Waals surface area contributed by atoms with Gasteiger partial charge < -0.3 is 19.7 Å². The molecule has 1 aromatic rings. The van der Waals surface area contributed by atoms with E-state index in [1.54, 1.807) is 9.80 Å². The number of ketones is 1. The normalized spacial score (nSPS) is 30.1. The fourth-order valence-corrected chi connectivity index (χ4v) is 7.86. The van der Waals surface area contributed by atoms with Crippen molar-refractivity contribution < 1.29 is 50.7 Å². The average molecular weight is 541 g/mol. The topological polar surface area (TPSA) is 81.9 Å². The Labute approximate surface area is 207 Å². The number of rotatable bonds is 3. The Morgan fingerprint density at radius 3 is 1.72 bits per heavy atom. The summed E-state index contributed by atoms with van der Waals surface area (Å²) in [5, 5.41) is 8.78. The number of alkyl halides is 6. The second-order valence-corrected chi connectivity index (χ2v) is 11.5. The molecule has 1 aliphatic heterocycles. The zero-order valence-electron chi connectivity index (χ0n) is 19.2. The van der Waals surface area contributed by atoms with E-state index >= 15 is 0 Å². The number of halogens is 6. The van der Waals surface area contributed by atoms with Crippen molar-refractivity contribution in [3.63, 3.8) is 0 Å². The lowest BCUT2D eigenvalue weighted by atomic mass is 9.52. The smallest absolute Gasteiger partial charge is 0.455 e. The molecule has 4 aliphatic carbocycles. The van der Waals surface area contributed by atoms with Crippen LogP contribution in [-0.2, 0) is 4.79 Å². The lowest BCUT2D eigenvalue weighted by Crippen LogP contribution is -3.23. The van der Waals surface area contributed by atoms with Gasteiger partial charge in [0.15, 0.2) is 0 Å². The summed E-state index contributed by atoms with van der Waals surface area (Å²) < 4.78 is 69.4. The summed E-state index contributed by atoms with van der Waals surface area (Å²) in [6.07, 6.45) is -1.88. The summed E-state index contributed by atoms with van der Waals surface area (Å²) in [6, 6.07) is 2.47. The third-order valence-electron chi connectivity index (χ3n) is 7.97. The summed E-state index contributed by atoms with van der Waals surface area (Å²) in [5.41, 5.74) is 0.402. The van der Waals surface area contributed by atoms with Crippen LogP contribution < -0.4 is 10.0 Å². The molecular formula is C23H26F6N2O4S. The number of nitrogens with zero attached hydrogens (tertiary/aromatic N) is 1. The summed E-state index contributed by atoms with van der Waals surface area (Å²) in [5.74, 6) is -2.46. The molecule has 0 radical (unpaired) electrons. The number of carbonyl (C=O) groups is 3. The number of nitrogens with one attached hydrogen (secondary N) is 1. The molecule has 2 heterocycles. The first-order valence-corrected chi connectivity index (χ1v) is 12.6. The second-order valence-electron chi connectivity index (χ2n) is 10.4. The van der Waals surface area contributed by atoms with Crippen molar-refractivity contribution in [1.29, 1.82) is 0 Å². The fourth-order valence-electron chi connectivity index (χ4n) is 6.92. The van der Waals surface area contributed by atoms with Gasteiger partial charge in [-0.05, 0) is 49.1 Å². The van der Waals surface area contributed by atoms with Gasteiger partial charge in [0.25, 0.3) is 11.7 Å². The highest BCUT2D eigenvalue weighted by Gasteiger charge is 2.56. The number of Topliss-reactive ketones (excluding diaryl/α,β-unsaturated/α-hetero) is 1. The molecule has 4 bridgehead atoms. The predicted molar refractivity (Wildman–Crippen MR) is 113 cm³/mol. The molecule has 36 heavy (non-hydrogen) atoms. The molecule has 5 fully saturated rings. The van der Waals surface area contributed by atoms with Crippen molar-refractivity contribution in [2.24, 2.45) is 17.8 Å². The average Bonchev–Trinajstić information content (AvgIpc) is 3.26. The largest absolute Gasteiger partial charge is 0.542 e. The van der Waals surface area contributed by atoms with Crippen LogP contribution in [0.25, 0.3) is 0 Å². The zero-order chi connectivity index (χ0) is 26.5. The van der Waals surface area contributed by atoms with Gasteiger partial charge in [0, 0.05) is 19.3 Å². The van der Waals surface area contributed by atoms with E-state index in [2.05, 4.69) is 0 Å². The first kappa shape index (κ1) is 26.9. The van der Waals surface area contributed by atoms with E-state index in [0.717, 1.165) is 36.9 Å². The zero-order valence-corrected chi connectivity index (χ0v) is 20.0. The molecule has 13 heteroatoms. The van der Waals surface area contributed by atoms with Crippen LogP contribution in [0.4, 0.5) is 26.3 Å². The van der Waals surface area contributed by atoms with Gasteiger partial charge in [-0.1, -0.05) is 0 Å².